The first-order chi connectivity index (χ1) is 14.0. The fraction of sp³-hybridized carbons (Fsp3) is 0.304. The van der Waals surface area contributed by atoms with E-state index in [4.69, 9.17) is 14.5 Å². The summed E-state index contributed by atoms with van der Waals surface area (Å²) in [5, 5.41) is 0.708. The fourth-order valence-corrected chi connectivity index (χ4v) is 3.94. The van der Waals surface area contributed by atoms with E-state index >= 15 is 0 Å². The molecule has 0 N–H and O–H groups in total. The van der Waals surface area contributed by atoms with E-state index in [1.165, 1.54) is 11.8 Å². The number of methoxy groups -OCH3 is 1. The molecule has 3 rings (SSSR count). The van der Waals surface area contributed by atoms with E-state index in [0.717, 1.165) is 11.3 Å². The highest BCUT2D eigenvalue weighted by atomic mass is 32.2. The van der Waals surface area contributed by atoms with Gasteiger partial charge in [-0.25, -0.2) is 4.99 Å². The van der Waals surface area contributed by atoms with Gasteiger partial charge < -0.3 is 9.47 Å². The maximum Gasteiger partial charge on any atom is 0.266 e. The van der Waals surface area contributed by atoms with Crippen molar-refractivity contribution in [1.29, 1.82) is 0 Å². The molecule has 2 aromatic rings. The van der Waals surface area contributed by atoms with Gasteiger partial charge in [0.1, 0.15) is 0 Å². The highest BCUT2D eigenvalue weighted by Crippen LogP contribution is 2.36. The van der Waals surface area contributed by atoms with Crippen LogP contribution in [0.25, 0.3) is 6.08 Å². The molecule has 1 fully saturated rings. The topological polar surface area (TPSA) is 51.1 Å². The Labute approximate surface area is 176 Å². The van der Waals surface area contributed by atoms with Crippen molar-refractivity contribution in [2.45, 2.75) is 20.8 Å². The van der Waals surface area contributed by atoms with Crippen molar-refractivity contribution in [3.05, 3.63) is 59.0 Å². The molecule has 0 aromatic heterocycles. The van der Waals surface area contributed by atoms with Crippen molar-refractivity contribution in [3.8, 4) is 11.5 Å². The summed E-state index contributed by atoms with van der Waals surface area (Å²) >= 11 is 1.40. The average Bonchev–Trinajstić information content (AvgIpc) is 2.98. The van der Waals surface area contributed by atoms with E-state index in [0.29, 0.717) is 40.6 Å². The molecule has 5 nitrogen and oxygen atoms in total. The number of para-hydroxylation sites is 1. The van der Waals surface area contributed by atoms with Crippen LogP contribution in [0.1, 0.15) is 26.3 Å². The number of ether oxygens (including phenoxy) is 2. The highest BCUT2D eigenvalue weighted by Gasteiger charge is 2.33. The van der Waals surface area contributed by atoms with Gasteiger partial charge in [-0.2, -0.15) is 0 Å². The molecule has 1 saturated heterocycles. The number of hydrogen-bond donors (Lipinski definition) is 0. The molecule has 0 saturated carbocycles. The van der Waals surface area contributed by atoms with Crippen molar-refractivity contribution in [1.82, 2.24) is 4.90 Å². The lowest BCUT2D eigenvalue weighted by molar-refractivity contribution is -0.122. The lowest BCUT2D eigenvalue weighted by atomic mass is 10.1. The maximum absolute atomic E-state index is 13.1. The molecular formula is C23H26N2O3S. The van der Waals surface area contributed by atoms with E-state index in [-0.39, 0.29) is 5.91 Å². The number of amides is 1. The first-order valence-corrected chi connectivity index (χ1v) is 10.5. The van der Waals surface area contributed by atoms with Crippen LogP contribution >= 0.6 is 11.8 Å². The molecule has 29 heavy (non-hydrogen) atoms. The van der Waals surface area contributed by atoms with E-state index in [1.807, 2.05) is 61.5 Å². The van der Waals surface area contributed by atoms with Crippen molar-refractivity contribution in [2.24, 2.45) is 10.9 Å². The number of rotatable bonds is 7. The standard InChI is InChI=1S/C23H26N2O3S/c1-5-28-20-13-17(11-12-19(20)27-4)14-21-22(26)25(15-16(2)3)23(29-21)24-18-9-7-6-8-10-18/h6-14,16H,5,15H2,1-4H3/b21-14+,24-23?. The molecule has 0 radical (unpaired) electrons. The minimum Gasteiger partial charge on any atom is -0.493 e. The first kappa shape index (κ1) is 21.0. The Bertz CT molecular complexity index is 923. The van der Waals surface area contributed by atoms with Crippen molar-refractivity contribution in [2.75, 3.05) is 20.3 Å². The Morgan fingerprint density at radius 3 is 2.55 bits per heavy atom. The van der Waals surface area contributed by atoms with Gasteiger partial charge >= 0.3 is 0 Å². The average molecular weight is 411 g/mol. The summed E-state index contributed by atoms with van der Waals surface area (Å²) in [5.41, 5.74) is 1.72. The van der Waals surface area contributed by atoms with Gasteiger partial charge in [0.15, 0.2) is 16.7 Å². The van der Waals surface area contributed by atoms with Crippen molar-refractivity contribution in [3.63, 3.8) is 0 Å². The van der Waals surface area contributed by atoms with Crippen molar-refractivity contribution >= 4 is 34.6 Å². The van der Waals surface area contributed by atoms with Gasteiger partial charge in [-0.15, -0.1) is 0 Å². The van der Waals surface area contributed by atoms with Crippen molar-refractivity contribution < 1.29 is 14.3 Å². The van der Waals surface area contributed by atoms with Crippen LogP contribution in [0, 0.1) is 5.92 Å². The van der Waals surface area contributed by atoms with Crippen LogP contribution in [0.15, 0.2) is 58.4 Å². The van der Waals surface area contributed by atoms with E-state index in [9.17, 15) is 4.79 Å². The Morgan fingerprint density at radius 2 is 1.90 bits per heavy atom. The Hall–Kier alpha value is -2.73. The van der Waals surface area contributed by atoms with Gasteiger partial charge in [-0.3, -0.25) is 9.69 Å². The number of thioether (sulfide) groups is 1. The minimum atomic E-state index is -0.0211. The van der Waals surface area contributed by atoms with Crippen LogP contribution in [0.4, 0.5) is 5.69 Å². The molecule has 1 aliphatic heterocycles. The molecule has 152 valence electrons. The molecule has 0 unspecified atom stereocenters. The SMILES string of the molecule is CCOc1cc(/C=C2/SC(=Nc3ccccc3)N(CC(C)C)C2=O)ccc1OC. The molecule has 2 aromatic carbocycles. The van der Waals surface area contributed by atoms with Crippen LogP contribution in [-0.2, 0) is 4.79 Å². The lowest BCUT2D eigenvalue weighted by Crippen LogP contribution is -2.32. The number of carbonyl (C=O) groups is 1. The van der Waals surface area contributed by atoms with E-state index in [2.05, 4.69) is 13.8 Å². The highest BCUT2D eigenvalue weighted by molar-refractivity contribution is 8.18. The smallest absolute Gasteiger partial charge is 0.266 e. The summed E-state index contributed by atoms with van der Waals surface area (Å²) in [5.74, 6) is 1.65. The Balaban J connectivity index is 1.94. The molecule has 1 amide bonds. The zero-order chi connectivity index (χ0) is 20.8. The van der Waals surface area contributed by atoms with Gasteiger partial charge in [0.2, 0.25) is 0 Å². The minimum absolute atomic E-state index is 0.0211. The number of carbonyl (C=O) groups excluding carboxylic acids is 1. The lowest BCUT2D eigenvalue weighted by Gasteiger charge is -2.17. The third-order valence-corrected chi connectivity index (χ3v) is 5.21. The second-order valence-corrected chi connectivity index (χ2v) is 8.00. The predicted octanol–water partition coefficient (Wildman–Crippen LogP) is 5.35. The number of aliphatic imine (C=N–C) groups is 1. The number of nitrogens with zero attached hydrogens (tertiary/aromatic N) is 2. The molecule has 6 heteroatoms. The van der Waals surface area contributed by atoms with Crippen LogP contribution in [0.3, 0.4) is 0 Å². The maximum atomic E-state index is 13.1. The molecular weight excluding hydrogens is 384 g/mol. The van der Waals surface area contributed by atoms with Gasteiger partial charge in [-0.1, -0.05) is 38.1 Å². The summed E-state index contributed by atoms with van der Waals surface area (Å²) < 4.78 is 11.0. The quantitative estimate of drug-likeness (QED) is 0.577. The monoisotopic (exact) mass is 410 g/mol. The summed E-state index contributed by atoms with van der Waals surface area (Å²) in [4.78, 5) is 20.2. The number of hydrogen-bond acceptors (Lipinski definition) is 5. The van der Waals surface area contributed by atoms with Gasteiger partial charge in [0, 0.05) is 6.54 Å². The van der Waals surface area contributed by atoms with Crippen LogP contribution in [-0.4, -0.2) is 36.2 Å². The zero-order valence-corrected chi connectivity index (χ0v) is 18.0. The summed E-state index contributed by atoms with van der Waals surface area (Å²) in [6.07, 6.45) is 1.88. The molecule has 0 aliphatic carbocycles. The second-order valence-electron chi connectivity index (χ2n) is 6.99. The molecule has 1 heterocycles. The summed E-state index contributed by atoms with van der Waals surface area (Å²) in [7, 11) is 1.61. The van der Waals surface area contributed by atoms with Crippen LogP contribution < -0.4 is 9.47 Å². The second kappa shape index (κ2) is 9.65. The zero-order valence-electron chi connectivity index (χ0n) is 17.2. The van der Waals surface area contributed by atoms with Gasteiger partial charge in [0.25, 0.3) is 5.91 Å². The third kappa shape index (κ3) is 5.21. The molecule has 0 spiro atoms. The Kier molecular flexibility index (Phi) is 6.99. The van der Waals surface area contributed by atoms with E-state index in [1.54, 1.807) is 12.0 Å². The molecule has 1 aliphatic rings. The van der Waals surface area contributed by atoms with Gasteiger partial charge in [-0.05, 0) is 60.5 Å². The number of benzene rings is 2. The normalized spacial score (nSPS) is 16.9. The Morgan fingerprint density at radius 1 is 1.14 bits per heavy atom. The summed E-state index contributed by atoms with van der Waals surface area (Å²) in [6, 6.07) is 15.4. The van der Waals surface area contributed by atoms with Gasteiger partial charge in [0.05, 0.1) is 24.3 Å². The molecule has 0 bridgehead atoms. The van der Waals surface area contributed by atoms with Crippen LogP contribution in [0.2, 0.25) is 0 Å². The van der Waals surface area contributed by atoms with E-state index < -0.39 is 0 Å². The third-order valence-electron chi connectivity index (χ3n) is 4.20. The van der Waals surface area contributed by atoms with Crippen LogP contribution in [0.5, 0.6) is 11.5 Å². The fourth-order valence-electron chi connectivity index (χ4n) is 2.93. The number of amidine groups is 1. The predicted molar refractivity (Wildman–Crippen MR) is 120 cm³/mol. The molecule has 0 atom stereocenters. The largest absolute Gasteiger partial charge is 0.493 e. The first-order valence-electron chi connectivity index (χ1n) is 9.67. The summed E-state index contributed by atoms with van der Waals surface area (Å²) in [6.45, 7) is 7.29.